The van der Waals surface area contributed by atoms with Crippen molar-refractivity contribution in [2.45, 2.75) is 6.42 Å². The van der Waals surface area contributed by atoms with Crippen LogP contribution in [0.15, 0.2) is 24.5 Å². The minimum atomic E-state index is 1.16. The highest BCUT2D eigenvalue weighted by Crippen LogP contribution is 2.01. The Morgan fingerprint density at radius 1 is 1.40 bits per heavy atom. The largest absolute Gasteiger partial charge is 0.265 e. The van der Waals surface area contributed by atoms with Crippen LogP contribution in [0.4, 0.5) is 0 Å². The second-order valence-corrected chi connectivity index (χ2v) is 3.08. The summed E-state index contributed by atoms with van der Waals surface area (Å²) >= 11 is 1.88. The summed E-state index contributed by atoms with van der Waals surface area (Å²) in [6.45, 7) is 0. The minimum absolute atomic E-state index is 1.16. The van der Waals surface area contributed by atoms with Crippen molar-refractivity contribution in [3.63, 3.8) is 0 Å². The first kappa shape index (κ1) is 7.61. The lowest BCUT2D eigenvalue weighted by molar-refractivity contribution is 1.13. The molecule has 0 aliphatic rings. The molecular formula is C8H11NS. The van der Waals surface area contributed by atoms with Gasteiger partial charge in [-0.1, -0.05) is 0 Å². The van der Waals surface area contributed by atoms with E-state index in [1.54, 1.807) is 0 Å². The number of aryl methyl sites for hydroxylation is 1. The molecule has 0 unspecified atom stereocenters. The van der Waals surface area contributed by atoms with Gasteiger partial charge in [-0.15, -0.1) is 0 Å². The molecule has 0 spiro atoms. The Labute approximate surface area is 65.9 Å². The molecule has 0 saturated heterocycles. The molecule has 0 aromatic carbocycles. The molecular weight excluding hydrogens is 142 g/mol. The summed E-state index contributed by atoms with van der Waals surface area (Å²) in [6.07, 6.45) is 6.97. The molecule has 0 amide bonds. The average molecular weight is 153 g/mol. The molecule has 54 valence electrons. The summed E-state index contributed by atoms with van der Waals surface area (Å²) in [4.78, 5) is 3.95. The highest BCUT2D eigenvalue weighted by molar-refractivity contribution is 7.98. The Morgan fingerprint density at radius 3 is 2.70 bits per heavy atom. The average Bonchev–Trinajstić information content (AvgIpc) is 2.03. The number of nitrogens with zero attached hydrogens (tertiary/aromatic N) is 1. The van der Waals surface area contributed by atoms with Crippen LogP contribution in [0.2, 0.25) is 0 Å². The summed E-state index contributed by atoms with van der Waals surface area (Å²) < 4.78 is 0. The van der Waals surface area contributed by atoms with E-state index in [1.165, 1.54) is 11.3 Å². The van der Waals surface area contributed by atoms with Crippen molar-refractivity contribution in [2.75, 3.05) is 12.0 Å². The van der Waals surface area contributed by atoms with Crippen LogP contribution in [0.25, 0.3) is 0 Å². The fraction of sp³-hybridized carbons (Fsp3) is 0.375. The van der Waals surface area contributed by atoms with Gasteiger partial charge in [0.2, 0.25) is 0 Å². The molecule has 0 saturated carbocycles. The van der Waals surface area contributed by atoms with Crippen LogP contribution in [-0.4, -0.2) is 17.0 Å². The van der Waals surface area contributed by atoms with Crippen molar-refractivity contribution in [3.05, 3.63) is 30.1 Å². The monoisotopic (exact) mass is 153 g/mol. The fourth-order valence-corrected chi connectivity index (χ4v) is 1.21. The van der Waals surface area contributed by atoms with Gasteiger partial charge in [-0.2, -0.15) is 11.8 Å². The minimum Gasteiger partial charge on any atom is -0.265 e. The van der Waals surface area contributed by atoms with E-state index >= 15 is 0 Å². The molecule has 0 aliphatic carbocycles. The van der Waals surface area contributed by atoms with E-state index in [4.69, 9.17) is 0 Å². The number of hydrogen-bond donors (Lipinski definition) is 0. The van der Waals surface area contributed by atoms with Crippen LogP contribution >= 0.6 is 11.8 Å². The maximum Gasteiger partial charge on any atom is 0.0270 e. The third-order valence-corrected chi connectivity index (χ3v) is 1.96. The van der Waals surface area contributed by atoms with Crippen LogP contribution in [0.3, 0.4) is 0 Å². The maximum atomic E-state index is 3.95. The molecule has 0 atom stereocenters. The summed E-state index contributed by atoms with van der Waals surface area (Å²) in [7, 11) is 0. The van der Waals surface area contributed by atoms with Gasteiger partial charge in [0.25, 0.3) is 0 Å². The summed E-state index contributed by atoms with van der Waals surface area (Å²) in [6, 6.07) is 4.13. The lowest BCUT2D eigenvalue weighted by Crippen LogP contribution is -1.86. The summed E-state index contributed by atoms with van der Waals surface area (Å²) in [5, 5.41) is 0. The van der Waals surface area contributed by atoms with Crippen molar-refractivity contribution in [1.29, 1.82) is 0 Å². The second-order valence-electron chi connectivity index (χ2n) is 2.10. The standard InChI is InChI=1S/C8H11NS/c1-10-7-4-8-2-5-9-6-3-8/h2-3,5-6H,4,7H2,1H3. The number of rotatable bonds is 3. The Balaban J connectivity index is 2.43. The van der Waals surface area contributed by atoms with E-state index in [9.17, 15) is 0 Å². The molecule has 1 nitrogen and oxygen atoms in total. The molecule has 10 heavy (non-hydrogen) atoms. The Bertz CT molecular complexity index is 174. The van der Waals surface area contributed by atoms with E-state index in [1.807, 2.05) is 24.2 Å². The van der Waals surface area contributed by atoms with E-state index in [2.05, 4.69) is 23.4 Å². The molecule has 2 heteroatoms. The van der Waals surface area contributed by atoms with Gasteiger partial charge in [0, 0.05) is 12.4 Å². The zero-order chi connectivity index (χ0) is 7.23. The molecule has 1 heterocycles. The van der Waals surface area contributed by atoms with E-state index in [-0.39, 0.29) is 0 Å². The fourth-order valence-electron chi connectivity index (χ4n) is 0.769. The number of aromatic nitrogens is 1. The first-order valence-electron chi connectivity index (χ1n) is 3.31. The SMILES string of the molecule is CSCCc1ccncc1. The predicted octanol–water partition coefficient (Wildman–Crippen LogP) is 1.99. The van der Waals surface area contributed by atoms with Gasteiger partial charge >= 0.3 is 0 Å². The summed E-state index contributed by atoms with van der Waals surface area (Å²) in [5.41, 5.74) is 1.38. The molecule has 0 N–H and O–H groups in total. The lowest BCUT2D eigenvalue weighted by Gasteiger charge is -1.95. The quantitative estimate of drug-likeness (QED) is 0.658. The van der Waals surface area contributed by atoms with Crippen molar-refractivity contribution in [2.24, 2.45) is 0 Å². The molecule has 1 aromatic rings. The lowest BCUT2D eigenvalue weighted by atomic mass is 10.2. The smallest absolute Gasteiger partial charge is 0.0270 e. The third kappa shape index (κ3) is 2.40. The van der Waals surface area contributed by atoms with Gasteiger partial charge in [0.15, 0.2) is 0 Å². The van der Waals surface area contributed by atoms with Gasteiger partial charge in [0.1, 0.15) is 0 Å². The van der Waals surface area contributed by atoms with Crippen LogP contribution in [0.5, 0.6) is 0 Å². The molecule has 1 aromatic heterocycles. The van der Waals surface area contributed by atoms with Gasteiger partial charge in [0.05, 0.1) is 0 Å². The Hall–Kier alpha value is -0.500. The first-order chi connectivity index (χ1) is 4.93. The highest BCUT2D eigenvalue weighted by Gasteiger charge is 1.88. The van der Waals surface area contributed by atoms with Gasteiger partial charge in [-0.3, -0.25) is 4.98 Å². The van der Waals surface area contributed by atoms with Gasteiger partial charge < -0.3 is 0 Å². The van der Waals surface area contributed by atoms with Crippen LogP contribution in [0.1, 0.15) is 5.56 Å². The van der Waals surface area contributed by atoms with Crippen molar-refractivity contribution >= 4 is 11.8 Å². The Morgan fingerprint density at radius 2 is 2.10 bits per heavy atom. The van der Waals surface area contributed by atoms with Crippen molar-refractivity contribution in [1.82, 2.24) is 4.98 Å². The van der Waals surface area contributed by atoms with Crippen molar-refractivity contribution < 1.29 is 0 Å². The zero-order valence-corrected chi connectivity index (χ0v) is 6.90. The molecule has 0 radical (unpaired) electrons. The van der Waals surface area contributed by atoms with Gasteiger partial charge in [-0.05, 0) is 36.1 Å². The Kier molecular flexibility index (Phi) is 3.30. The van der Waals surface area contributed by atoms with Crippen molar-refractivity contribution in [3.8, 4) is 0 Å². The molecule has 0 fully saturated rings. The highest BCUT2D eigenvalue weighted by atomic mass is 32.2. The molecule has 0 aliphatic heterocycles. The number of thioether (sulfide) groups is 1. The van der Waals surface area contributed by atoms with Crippen LogP contribution in [-0.2, 0) is 6.42 Å². The molecule has 1 rings (SSSR count). The normalized spacial score (nSPS) is 9.70. The maximum absolute atomic E-state index is 3.95. The van der Waals surface area contributed by atoms with E-state index in [0.29, 0.717) is 0 Å². The van der Waals surface area contributed by atoms with Crippen LogP contribution < -0.4 is 0 Å². The van der Waals surface area contributed by atoms with Gasteiger partial charge in [-0.25, -0.2) is 0 Å². The first-order valence-corrected chi connectivity index (χ1v) is 4.70. The summed E-state index contributed by atoms with van der Waals surface area (Å²) in [5.74, 6) is 1.20. The number of pyridine rings is 1. The van der Waals surface area contributed by atoms with Crippen LogP contribution in [0, 0.1) is 0 Å². The third-order valence-electron chi connectivity index (χ3n) is 1.34. The molecule has 0 bridgehead atoms. The second kappa shape index (κ2) is 4.34. The predicted molar refractivity (Wildman–Crippen MR) is 46.3 cm³/mol. The van der Waals surface area contributed by atoms with E-state index in [0.717, 1.165) is 6.42 Å². The van der Waals surface area contributed by atoms with E-state index < -0.39 is 0 Å². The zero-order valence-electron chi connectivity index (χ0n) is 6.08. The topological polar surface area (TPSA) is 12.9 Å². The number of hydrogen-bond acceptors (Lipinski definition) is 2.